The van der Waals surface area contributed by atoms with Gasteiger partial charge in [0.2, 0.25) is 0 Å². The molecule has 0 saturated carbocycles. The first kappa shape index (κ1) is 15.4. The van der Waals surface area contributed by atoms with Gasteiger partial charge in [0.15, 0.2) is 0 Å². The monoisotopic (exact) mass is 397 g/mol. The average Bonchev–Trinajstić information content (AvgIpc) is 2.42. The average molecular weight is 397 g/mol. The minimum absolute atomic E-state index is 0.0746. The topological polar surface area (TPSA) is 85.1 Å². The quantitative estimate of drug-likeness (QED) is 0.488. The number of amides is 1. The van der Waals surface area contributed by atoms with Crippen LogP contribution < -0.4 is 5.32 Å². The highest BCUT2D eigenvalue weighted by Gasteiger charge is 2.18. The lowest BCUT2D eigenvalue weighted by Gasteiger charge is -2.08. The summed E-state index contributed by atoms with van der Waals surface area (Å²) < 4.78 is 0.997. The summed E-state index contributed by atoms with van der Waals surface area (Å²) in [5.74, 6) is 0.00753. The molecule has 2 rings (SSSR count). The number of hydrogen-bond donors (Lipinski definition) is 1. The number of pyridine rings is 1. The molecule has 0 fully saturated rings. The summed E-state index contributed by atoms with van der Waals surface area (Å²) in [6.45, 7) is 3.40. The van der Waals surface area contributed by atoms with E-state index in [-0.39, 0.29) is 11.3 Å². The molecule has 21 heavy (non-hydrogen) atoms. The van der Waals surface area contributed by atoms with Crippen LogP contribution in [0.15, 0.2) is 30.3 Å². The van der Waals surface area contributed by atoms with E-state index in [4.69, 9.17) is 0 Å². The summed E-state index contributed by atoms with van der Waals surface area (Å²) in [7, 11) is 0. The van der Waals surface area contributed by atoms with Gasteiger partial charge < -0.3 is 5.32 Å². The fraction of sp³-hybridized carbons (Fsp3) is 0.143. The van der Waals surface area contributed by atoms with Crippen molar-refractivity contribution in [3.8, 4) is 0 Å². The Hall–Kier alpha value is -2.03. The first-order valence-electron chi connectivity index (χ1n) is 6.08. The van der Waals surface area contributed by atoms with Gasteiger partial charge in [-0.05, 0) is 54.6 Å². The molecule has 0 aliphatic heterocycles. The molecule has 0 saturated heterocycles. The molecule has 0 aliphatic carbocycles. The van der Waals surface area contributed by atoms with Crippen molar-refractivity contribution in [1.82, 2.24) is 4.98 Å². The fourth-order valence-corrected chi connectivity index (χ4v) is 2.16. The molecule has 0 atom stereocenters. The second kappa shape index (κ2) is 6.17. The van der Waals surface area contributed by atoms with Crippen LogP contribution in [0.25, 0.3) is 0 Å². The second-order valence-corrected chi connectivity index (χ2v) is 5.59. The summed E-state index contributed by atoms with van der Waals surface area (Å²) in [6.07, 6.45) is 0. The summed E-state index contributed by atoms with van der Waals surface area (Å²) >= 11 is 2.15. The number of anilines is 1. The lowest BCUT2D eigenvalue weighted by molar-refractivity contribution is -0.385. The minimum atomic E-state index is -0.501. The van der Waals surface area contributed by atoms with Crippen LogP contribution in [0.2, 0.25) is 0 Å². The third kappa shape index (κ3) is 3.35. The largest absolute Gasteiger partial charge is 0.307 e. The molecule has 0 aliphatic rings. The number of nitrogens with one attached hydrogen (secondary N) is 1. The minimum Gasteiger partial charge on any atom is -0.307 e. The molecule has 1 amide bonds. The predicted octanol–water partition coefficient (Wildman–Crippen LogP) is 3.46. The van der Waals surface area contributed by atoms with Crippen LogP contribution in [-0.4, -0.2) is 15.8 Å². The van der Waals surface area contributed by atoms with Gasteiger partial charge in [0.1, 0.15) is 5.82 Å². The van der Waals surface area contributed by atoms with Gasteiger partial charge in [0.25, 0.3) is 11.6 Å². The van der Waals surface area contributed by atoms with Gasteiger partial charge in [-0.25, -0.2) is 4.98 Å². The van der Waals surface area contributed by atoms with Crippen molar-refractivity contribution in [3.63, 3.8) is 0 Å². The molecule has 0 unspecified atom stereocenters. The van der Waals surface area contributed by atoms with Crippen molar-refractivity contribution >= 4 is 40.0 Å². The van der Waals surface area contributed by atoms with Gasteiger partial charge in [-0.15, -0.1) is 0 Å². The van der Waals surface area contributed by atoms with E-state index in [0.717, 1.165) is 9.26 Å². The zero-order valence-corrected chi connectivity index (χ0v) is 13.5. The predicted molar refractivity (Wildman–Crippen MR) is 87.5 cm³/mol. The Bertz CT molecular complexity index is 731. The van der Waals surface area contributed by atoms with Crippen LogP contribution in [0.1, 0.15) is 21.6 Å². The molecule has 0 radical (unpaired) electrons. The Balaban J connectivity index is 2.30. The van der Waals surface area contributed by atoms with Crippen LogP contribution >= 0.6 is 22.6 Å². The Morgan fingerprint density at radius 3 is 2.62 bits per heavy atom. The fourth-order valence-electron chi connectivity index (χ4n) is 1.86. The molecule has 1 aromatic carbocycles. The standard InChI is InChI=1S/C14H12IN3O3/c1-8-10(4-3-5-12(8)18(20)21)14(19)17-13-7-6-11(15)9(2)16-13/h3-7H,1-2H3,(H,16,17,19). The number of aryl methyl sites for hydroxylation is 1. The molecule has 6 nitrogen and oxygen atoms in total. The molecule has 1 heterocycles. The molecule has 1 N–H and O–H groups in total. The number of hydrogen-bond acceptors (Lipinski definition) is 4. The van der Waals surface area contributed by atoms with Crippen LogP contribution in [0.3, 0.4) is 0 Å². The molecule has 1 aromatic heterocycles. The zero-order valence-electron chi connectivity index (χ0n) is 11.4. The number of rotatable bonds is 3. The maximum atomic E-state index is 12.2. The van der Waals surface area contributed by atoms with E-state index in [9.17, 15) is 14.9 Å². The molecule has 7 heteroatoms. The van der Waals surface area contributed by atoms with E-state index in [1.165, 1.54) is 12.1 Å². The van der Waals surface area contributed by atoms with Crippen molar-refractivity contribution in [2.24, 2.45) is 0 Å². The second-order valence-electron chi connectivity index (χ2n) is 4.42. The Morgan fingerprint density at radius 2 is 2.00 bits per heavy atom. The SMILES string of the molecule is Cc1nc(NC(=O)c2cccc([N+](=O)[O-])c2C)ccc1I. The number of aromatic nitrogens is 1. The van der Waals surface area contributed by atoms with E-state index in [1.54, 1.807) is 19.1 Å². The first-order chi connectivity index (χ1) is 9.90. The number of carbonyl (C=O) groups is 1. The number of nitrogens with zero attached hydrogens (tertiary/aromatic N) is 2. The van der Waals surface area contributed by atoms with Gasteiger partial charge in [0, 0.05) is 20.8 Å². The highest BCUT2D eigenvalue weighted by molar-refractivity contribution is 14.1. The smallest absolute Gasteiger partial charge is 0.273 e. The van der Waals surface area contributed by atoms with Crippen LogP contribution in [-0.2, 0) is 0 Å². The third-order valence-electron chi connectivity index (χ3n) is 3.01. The van der Waals surface area contributed by atoms with Crippen LogP contribution in [0, 0.1) is 27.5 Å². The van der Waals surface area contributed by atoms with Gasteiger partial charge in [-0.3, -0.25) is 14.9 Å². The summed E-state index contributed by atoms with van der Waals surface area (Å²) in [5.41, 5.74) is 1.34. The number of benzene rings is 1. The molecular weight excluding hydrogens is 385 g/mol. The molecule has 2 aromatic rings. The Labute approximate surface area is 134 Å². The Morgan fingerprint density at radius 1 is 1.29 bits per heavy atom. The van der Waals surface area contributed by atoms with Crippen molar-refractivity contribution in [2.45, 2.75) is 13.8 Å². The Kier molecular flexibility index (Phi) is 4.51. The summed E-state index contributed by atoms with van der Waals surface area (Å²) in [6, 6.07) is 7.96. The number of carbonyl (C=O) groups excluding carboxylic acids is 1. The molecule has 0 bridgehead atoms. The van der Waals surface area contributed by atoms with Gasteiger partial charge in [-0.2, -0.15) is 0 Å². The van der Waals surface area contributed by atoms with E-state index in [2.05, 4.69) is 32.9 Å². The molecule has 0 spiro atoms. The highest BCUT2D eigenvalue weighted by Crippen LogP contribution is 2.22. The van der Waals surface area contributed by atoms with E-state index >= 15 is 0 Å². The maximum absolute atomic E-state index is 12.2. The number of nitro groups is 1. The van der Waals surface area contributed by atoms with Crippen molar-refractivity contribution in [2.75, 3.05) is 5.32 Å². The van der Waals surface area contributed by atoms with Crippen LogP contribution in [0.5, 0.6) is 0 Å². The van der Waals surface area contributed by atoms with E-state index in [0.29, 0.717) is 11.4 Å². The van der Waals surface area contributed by atoms with Gasteiger partial charge in [-0.1, -0.05) is 6.07 Å². The molecular formula is C14H12IN3O3. The van der Waals surface area contributed by atoms with Crippen molar-refractivity contribution in [3.05, 3.63) is 60.8 Å². The van der Waals surface area contributed by atoms with E-state index in [1.807, 2.05) is 13.0 Å². The van der Waals surface area contributed by atoms with E-state index < -0.39 is 10.8 Å². The first-order valence-corrected chi connectivity index (χ1v) is 7.16. The highest BCUT2D eigenvalue weighted by atomic mass is 127. The van der Waals surface area contributed by atoms with Gasteiger partial charge in [0.05, 0.1) is 10.6 Å². The lowest BCUT2D eigenvalue weighted by atomic mass is 10.1. The van der Waals surface area contributed by atoms with Gasteiger partial charge >= 0.3 is 0 Å². The number of halogens is 1. The molecule has 108 valence electrons. The number of nitro benzene ring substituents is 1. The normalized spacial score (nSPS) is 10.2. The summed E-state index contributed by atoms with van der Waals surface area (Å²) in [5, 5.41) is 13.6. The lowest BCUT2D eigenvalue weighted by Crippen LogP contribution is -2.15. The summed E-state index contributed by atoms with van der Waals surface area (Å²) in [4.78, 5) is 26.9. The zero-order chi connectivity index (χ0) is 15.6. The van der Waals surface area contributed by atoms with Crippen LogP contribution in [0.4, 0.5) is 11.5 Å². The van der Waals surface area contributed by atoms with Crippen molar-refractivity contribution in [1.29, 1.82) is 0 Å². The maximum Gasteiger partial charge on any atom is 0.273 e. The third-order valence-corrected chi connectivity index (χ3v) is 4.15. The van der Waals surface area contributed by atoms with Crippen molar-refractivity contribution < 1.29 is 9.72 Å².